The topological polar surface area (TPSA) is 47.8 Å². The zero-order valence-electron chi connectivity index (χ0n) is 12.4. The van der Waals surface area contributed by atoms with Crippen LogP contribution < -0.4 is 0 Å². The maximum absolute atomic E-state index is 12.0. The average molecular weight is 301 g/mol. The monoisotopic (exact) mass is 301 g/mol. The van der Waals surface area contributed by atoms with Crippen molar-refractivity contribution in [3.63, 3.8) is 0 Å². The smallest absolute Gasteiger partial charge is 0.196 e. The van der Waals surface area contributed by atoms with E-state index >= 15 is 0 Å². The Morgan fingerprint density at radius 1 is 1.19 bits per heavy atom. The highest BCUT2D eigenvalue weighted by atomic mass is 32.2. The van der Waals surface area contributed by atoms with Gasteiger partial charge in [-0.25, -0.2) is 0 Å². The molecular formula is C16H19N3OS. The van der Waals surface area contributed by atoms with Gasteiger partial charge in [0.15, 0.2) is 5.16 Å². The maximum atomic E-state index is 12.0. The van der Waals surface area contributed by atoms with Crippen LogP contribution in [0.4, 0.5) is 0 Å². The minimum Gasteiger partial charge on any atom is -0.298 e. The van der Waals surface area contributed by atoms with Crippen molar-refractivity contribution < 1.29 is 4.79 Å². The molecule has 1 aliphatic carbocycles. The van der Waals surface area contributed by atoms with Gasteiger partial charge in [-0.3, -0.25) is 9.36 Å². The Kier molecular flexibility index (Phi) is 4.10. The van der Waals surface area contributed by atoms with Crippen molar-refractivity contribution in [1.82, 2.24) is 14.8 Å². The van der Waals surface area contributed by atoms with Crippen LogP contribution in [0.1, 0.15) is 37.1 Å². The van der Waals surface area contributed by atoms with Gasteiger partial charge in [0, 0.05) is 6.42 Å². The maximum Gasteiger partial charge on any atom is 0.196 e. The minimum absolute atomic E-state index is 0.0325. The van der Waals surface area contributed by atoms with E-state index in [2.05, 4.69) is 33.8 Å². The SMILES string of the molecule is Cc1ccccc1-n1c(C)nnc1S[C@H]1CCCCC1=O. The molecule has 4 nitrogen and oxygen atoms in total. The molecule has 1 aromatic heterocycles. The number of carbonyl (C=O) groups excluding carboxylic acids is 1. The Bertz CT molecular complexity index is 665. The number of rotatable bonds is 3. The quantitative estimate of drug-likeness (QED) is 0.870. The van der Waals surface area contributed by atoms with E-state index in [1.165, 1.54) is 5.56 Å². The van der Waals surface area contributed by atoms with Gasteiger partial charge < -0.3 is 0 Å². The van der Waals surface area contributed by atoms with E-state index in [0.717, 1.165) is 35.9 Å². The zero-order valence-corrected chi connectivity index (χ0v) is 13.2. The van der Waals surface area contributed by atoms with Crippen molar-refractivity contribution >= 4 is 17.5 Å². The number of benzene rings is 1. The number of hydrogen-bond acceptors (Lipinski definition) is 4. The van der Waals surface area contributed by atoms with Crippen LogP contribution in [0.25, 0.3) is 5.69 Å². The average Bonchev–Trinajstić information content (AvgIpc) is 2.83. The van der Waals surface area contributed by atoms with Crippen molar-refractivity contribution in [2.24, 2.45) is 0 Å². The molecule has 2 aromatic rings. The number of hydrogen-bond donors (Lipinski definition) is 0. The standard InChI is InChI=1S/C16H19N3OS/c1-11-7-3-4-8-13(11)19-12(2)17-18-16(19)21-15-10-6-5-9-14(15)20/h3-4,7-8,15H,5-6,9-10H2,1-2H3/t15-/m0/s1. The summed E-state index contributed by atoms with van der Waals surface area (Å²) in [5, 5.41) is 9.34. The van der Waals surface area contributed by atoms with Gasteiger partial charge >= 0.3 is 0 Å². The first kappa shape index (κ1) is 14.3. The molecule has 110 valence electrons. The molecule has 0 N–H and O–H groups in total. The lowest BCUT2D eigenvalue weighted by atomic mass is 9.99. The lowest BCUT2D eigenvalue weighted by Gasteiger charge is -2.20. The van der Waals surface area contributed by atoms with Crippen LogP contribution in [0.2, 0.25) is 0 Å². The van der Waals surface area contributed by atoms with Crippen LogP contribution >= 0.6 is 11.8 Å². The van der Waals surface area contributed by atoms with Crippen LogP contribution in [0.15, 0.2) is 29.4 Å². The third kappa shape index (κ3) is 2.88. The minimum atomic E-state index is 0.0325. The van der Waals surface area contributed by atoms with Crippen molar-refractivity contribution in [2.75, 3.05) is 0 Å². The number of ketones is 1. The van der Waals surface area contributed by atoms with Gasteiger partial charge in [0.1, 0.15) is 11.6 Å². The van der Waals surface area contributed by atoms with Crippen LogP contribution in [0.3, 0.4) is 0 Å². The number of aryl methyl sites for hydroxylation is 2. The largest absolute Gasteiger partial charge is 0.298 e. The second-order valence-corrected chi connectivity index (χ2v) is 6.64. The molecule has 0 amide bonds. The van der Waals surface area contributed by atoms with Crippen molar-refractivity contribution in [3.05, 3.63) is 35.7 Å². The number of thioether (sulfide) groups is 1. The summed E-state index contributed by atoms with van der Waals surface area (Å²) in [6.45, 7) is 4.03. The first-order valence-electron chi connectivity index (χ1n) is 7.34. The lowest BCUT2D eigenvalue weighted by molar-refractivity contribution is -0.119. The van der Waals surface area contributed by atoms with Gasteiger partial charge in [0.25, 0.3) is 0 Å². The van der Waals surface area contributed by atoms with Gasteiger partial charge in [-0.05, 0) is 38.3 Å². The van der Waals surface area contributed by atoms with Gasteiger partial charge in [0.05, 0.1) is 10.9 Å². The van der Waals surface area contributed by atoms with Gasteiger partial charge in [-0.1, -0.05) is 36.4 Å². The molecule has 0 bridgehead atoms. The van der Waals surface area contributed by atoms with Crippen LogP contribution in [-0.4, -0.2) is 25.8 Å². The van der Waals surface area contributed by atoms with Gasteiger partial charge in [-0.15, -0.1) is 10.2 Å². The molecule has 0 radical (unpaired) electrons. The molecule has 1 saturated carbocycles. The summed E-state index contributed by atoms with van der Waals surface area (Å²) in [5.74, 6) is 1.21. The van der Waals surface area contributed by atoms with E-state index in [-0.39, 0.29) is 5.25 Å². The summed E-state index contributed by atoms with van der Waals surface area (Å²) in [5.41, 5.74) is 2.27. The molecule has 0 saturated heterocycles. The summed E-state index contributed by atoms with van der Waals surface area (Å²) in [6, 6.07) is 8.19. The fourth-order valence-electron chi connectivity index (χ4n) is 2.71. The third-order valence-electron chi connectivity index (χ3n) is 3.90. The molecule has 1 heterocycles. The molecule has 1 aliphatic rings. The number of para-hydroxylation sites is 1. The fraction of sp³-hybridized carbons (Fsp3) is 0.438. The van der Waals surface area contributed by atoms with Crippen LogP contribution in [-0.2, 0) is 4.79 Å². The number of nitrogens with zero attached hydrogens (tertiary/aromatic N) is 3. The van der Waals surface area contributed by atoms with E-state index in [0.29, 0.717) is 12.2 Å². The van der Waals surface area contributed by atoms with Gasteiger partial charge in [0.2, 0.25) is 0 Å². The molecular weight excluding hydrogens is 282 g/mol. The predicted octanol–water partition coefficient (Wildman–Crippen LogP) is 3.49. The van der Waals surface area contributed by atoms with E-state index in [1.54, 1.807) is 11.8 Å². The second kappa shape index (κ2) is 6.02. The Hall–Kier alpha value is -1.62. The molecule has 3 rings (SSSR count). The molecule has 0 aliphatic heterocycles. The van der Waals surface area contributed by atoms with Gasteiger partial charge in [-0.2, -0.15) is 0 Å². The predicted molar refractivity (Wildman–Crippen MR) is 84.0 cm³/mol. The molecule has 5 heteroatoms. The molecule has 21 heavy (non-hydrogen) atoms. The van der Waals surface area contributed by atoms with Crippen molar-refractivity contribution in [3.8, 4) is 5.69 Å². The summed E-state index contributed by atoms with van der Waals surface area (Å²) < 4.78 is 2.06. The number of Topliss-reactive ketones (excluding diaryl/α,β-unsaturated/α-hetero) is 1. The molecule has 0 unspecified atom stereocenters. The lowest BCUT2D eigenvalue weighted by Crippen LogP contribution is -2.21. The fourth-order valence-corrected chi connectivity index (χ4v) is 3.93. The Morgan fingerprint density at radius 2 is 2.00 bits per heavy atom. The number of aromatic nitrogens is 3. The van der Waals surface area contributed by atoms with E-state index < -0.39 is 0 Å². The number of carbonyl (C=O) groups is 1. The first-order valence-corrected chi connectivity index (χ1v) is 8.22. The molecule has 1 fully saturated rings. The molecule has 1 atom stereocenters. The van der Waals surface area contributed by atoms with Crippen molar-refractivity contribution in [2.45, 2.75) is 49.9 Å². The molecule has 0 spiro atoms. The van der Waals surface area contributed by atoms with E-state index in [4.69, 9.17) is 0 Å². The third-order valence-corrected chi connectivity index (χ3v) is 5.16. The van der Waals surface area contributed by atoms with E-state index in [9.17, 15) is 4.79 Å². The Balaban J connectivity index is 1.94. The second-order valence-electron chi connectivity index (χ2n) is 5.47. The van der Waals surface area contributed by atoms with Crippen LogP contribution in [0.5, 0.6) is 0 Å². The first-order chi connectivity index (χ1) is 10.2. The highest BCUT2D eigenvalue weighted by Gasteiger charge is 2.26. The van der Waals surface area contributed by atoms with E-state index in [1.807, 2.05) is 19.1 Å². The normalized spacial score (nSPS) is 19.0. The Labute approximate surface area is 129 Å². The summed E-state index contributed by atoms with van der Waals surface area (Å²) >= 11 is 1.56. The highest BCUT2D eigenvalue weighted by Crippen LogP contribution is 2.32. The zero-order chi connectivity index (χ0) is 14.8. The molecule has 1 aromatic carbocycles. The van der Waals surface area contributed by atoms with Crippen LogP contribution in [0, 0.1) is 13.8 Å². The summed E-state index contributed by atoms with van der Waals surface area (Å²) in [7, 11) is 0. The van der Waals surface area contributed by atoms with Crippen molar-refractivity contribution in [1.29, 1.82) is 0 Å². The highest BCUT2D eigenvalue weighted by molar-refractivity contribution is 8.00. The summed E-state index contributed by atoms with van der Waals surface area (Å²) in [6.07, 6.45) is 3.80. The Morgan fingerprint density at radius 3 is 2.76 bits per heavy atom. The summed E-state index contributed by atoms with van der Waals surface area (Å²) in [4.78, 5) is 12.0.